The van der Waals surface area contributed by atoms with Gasteiger partial charge in [-0.15, -0.1) is 23.2 Å². The molecule has 0 amide bonds. The number of rotatable bonds is 6. The molecule has 3 N–H and O–H groups in total. The normalized spacial score (nSPS) is 13.3. The number of phenols is 1. The molecule has 0 aliphatic rings. The molecule has 1 rings (SSSR count). The highest BCUT2D eigenvalue weighted by atomic mass is 35.5. The minimum Gasteiger partial charge on any atom is -0.508 e. The van der Waals surface area contributed by atoms with E-state index in [4.69, 9.17) is 43.3 Å². The van der Waals surface area contributed by atoms with Gasteiger partial charge in [0, 0.05) is 0 Å². The van der Waals surface area contributed by atoms with E-state index in [1.54, 1.807) is 24.3 Å². The Morgan fingerprint density at radius 1 is 0.944 bits per heavy atom. The van der Waals surface area contributed by atoms with Gasteiger partial charge in [0.2, 0.25) is 0 Å². The van der Waals surface area contributed by atoms with Crippen molar-refractivity contribution in [2.24, 2.45) is 0 Å². The zero-order valence-corrected chi connectivity index (χ0v) is 11.4. The summed E-state index contributed by atoms with van der Waals surface area (Å²) in [5.41, 5.74) is 0. The molecule has 2 unspecified atom stereocenters. The largest absolute Gasteiger partial charge is 0.508 e. The van der Waals surface area contributed by atoms with E-state index in [1.807, 2.05) is 6.07 Å². The third-order valence-corrected chi connectivity index (χ3v) is 2.45. The molecule has 0 radical (unpaired) electrons. The van der Waals surface area contributed by atoms with Crippen molar-refractivity contribution in [3.8, 4) is 5.75 Å². The van der Waals surface area contributed by atoms with Crippen LogP contribution in [0.1, 0.15) is 0 Å². The highest BCUT2D eigenvalue weighted by Crippen LogP contribution is 2.02. The van der Waals surface area contributed by atoms with E-state index in [1.165, 1.54) is 0 Å². The Morgan fingerprint density at radius 2 is 1.39 bits per heavy atom. The van der Waals surface area contributed by atoms with Crippen molar-refractivity contribution in [2.45, 2.75) is 12.2 Å². The minimum atomic E-state index is -0.667. The first-order valence-corrected chi connectivity index (χ1v) is 6.46. The molecule has 1 aromatic carbocycles. The number of aliphatic hydroxyl groups is 2. The van der Waals surface area contributed by atoms with Gasteiger partial charge in [-0.3, -0.25) is 0 Å². The highest BCUT2D eigenvalue weighted by Gasteiger charge is 2.05. The molecular weight excluding hydrogens is 279 g/mol. The van der Waals surface area contributed by atoms with Gasteiger partial charge in [0.15, 0.2) is 0 Å². The van der Waals surface area contributed by atoms with Crippen LogP contribution in [0.3, 0.4) is 0 Å². The molecule has 0 aromatic heterocycles. The molecule has 0 spiro atoms. The molecule has 6 heteroatoms. The van der Waals surface area contributed by atoms with Crippen LogP contribution in [0.15, 0.2) is 30.3 Å². The van der Waals surface area contributed by atoms with Crippen LogP contribution in [0.2, 0.25) is 0 Å². The van der Waals surface area contributed by atoms with Crippen molar-refractivity contribution in [3.05, 3.63) is 30.3 Å². The third kappa shape index (κ3) is 10.6. The Morgan fingerprint density at radius 3 is 1.67 bits per heavy atom. The summed E-state index contributed by atoms with van der Waals surface area (Å²) in [6, 6.07) is 8.71. The van der Waals surface area contributed by atoms with Gasteiger partial charge in [-0.05, 0) is 12.1 Å². The number of hydrogen-bond acceptors (Lipinski definition) is 4. The molecule has 2 atom stereocenters. The van der Waals surface area contributed by atoms with Crippen LogP contribution in [0, 0.1) is 0 Å². The van der Waals surface area contributed by atoms with Crippen LogP contribution >= 0.6 is 23.2 Å². The van der Waals surface area contributed by atoms with Crippen LogP contribution < -0.4 is 0 Å². The first-order valence-electron chi connectivity index (χ1n) is 5.40. The average molecular weight is 297 g/mol. The molecule has 0 bridgehead atoms. The molecule has 1 aromatic rings. The fourth-order valence-electron chi connectivity index (χ4n) is 0.857. The van der Waals surface area contributed by atoms with Crippen molar-refractivity contribution >= 4 is 23.2 Å². The maximum Gasteiger partial charge on any atom is 0.115 e. The molecule has 0 saturated carbocycles. The van der Waals surface area contributed by atoms with Gasteiger partial charge in [-0.25, -0.2) is 0 Å². The van der Waals surface area contributed by atoms with E-state index in [9.17, 15) is 0 Å². The van der Waals surface area contributed by atoms with Gasteiger partial charge >= 0.3 is 0 Å². The number of alkyl halides is 2. The van der Waals surface area contributed by atoms with Crippen molar-refractivity contribution in [1.82, 2.24) is 0 Å². The number of halogens is 2. The van der Waals surface area contributed by atoms with Crippen molar-refractivity contribution < 1.29 is 20.1 Å². The van der Waals surface area contributed by atoms with Gasteiger partial charge in [0.05, 0.1) is 37.2 Å². The van der Waals surface area contributed by atoms with E-state index in [-0.39, 0.29) is 25.0 Å². The number of hydrogen-bond donors (Lipinski definition) is 3. The van der Waals surface area contributed by atoms with E-state index >= 15 is 0 Å². The minimum absolute atomic E-state index is 0.136. The second-order valence-corrected chi connectivity index (χ2v) is 4.11. The van der Waals surface area contributed by atoms with Gasteiger partial charge in [0.1, 0.15) is 5.75 Å². The molecule has 0 aliphatic carbocycles. The number of phenolic OH excluding ortho intramolecular Hbond substituents is 1. The zero-order valence-electron chi connectivity index (χ0n) is 9.88. The summed E-state index contributed by atoms with van der Waals surface area (Å²) < 4.78 is 4.87. The summed E-state index contributed by atoms with van der Waals surface area (Å²) in [5, 5.41) is 26.4. The number of aliphatic hydroxyl groups excluding tert-OH is 2. The summed E-state index contributed by atoms with van der Waals surface area (Å²) in [6.45, 7) is 0.273. The Balaban J connectivity index is 0.000000351. The van der Waals surface area contributed by atoms with Crippen LogP contribution in [0.4, 0.5) is 0 Å². The quantitative estimate of drug-likeness (QED) is 0.698. The van der Waals surface area contributed by atoms with E-state index in [0.29, 0.717) is 5.75 Å². The molecular formula is C12H18Cl2O4. The molecule has 0 saturated heterocycles. The topological polar surface area (TPSA) is 69.9 Å². The SMILES string of the molecule is OC(CCl)COCC(O)CCl.Oc1ccccc1. The molecule has 0 fully saturated rings. The summed E-state index contributed by atoms with van der Waals surface area (Å²) >= 11 is 10.6. The lowest BCUT2D eigenvalue weighted by molar-refractivity contribution is 0.00593. The predicted octanol–water partition coefficient (Wildman–Crippen LogP) is 1.59. The third-order valence-electron chi connectivity index (χ3n) is 1.73. The monoisotopic (exact) mass is 296 g/mol. The summed E-state index contributed by atoms with van der Waals surface area (Å²) in [7, 11) is 0. The van der Waals surface area contributed by atoms with Gasteiger partial charge in [-0.1, -0.05) is 18.2 Å². The first kappa shape index (κ1) is 17.5. The van der Waals surface area contributed by atoms with Crippen molar-refractivity contribution in [1.29, 1.82) is 0 Å². The lowest BCUT2D eigenvalue weighted by atomic mass is 10.3. The second-order valence-electron chi connectivity index (χ2n) is 3.49. The van der Waals surface area contributed by atoms with E-state index < -0.39 is 12.2 Å². The zero-order chi connectivity index (χ0) is 13.8. The highest BCUT2D eigenvalue weighted by molar-refractivity contribution is 6.18. The molecule has 0 heterocycles. The Bertz CT molecular complexity index is 275. The smallest absolute Gasteiger partial charge is 0.115 e. The number of para-hydroxylation sites is 1. The Hall–Kier alpha value is -0.520. The Labute approximate surface area is 117 Å². The maximum atomic E-state index is 8.87. The average Bonchev–Trinajstić information content (AvgIpc) is 2.39. The summed E-state index contributed by atoms with van der Waals surface area (Å²) in [4.78, 5) is 0. The maximum absolute atomic E-state index is 8.87. The van der Waals surface area contributed by atoms with E-state index in [0.717, 1.165) is 0 Å². The fourth-order valence-corrected chi connectivity index (χ4v) is 1.04. The predicted molar refractivity (Wildman–Crippen MR) is 72.4 cm³/mol. The summed E-state index contributed by atoms with van der Waals surface area (Å²) in [6.07, 6.45) is -1.33. The van der Waals surface area contributed by atoms with Gasteiger partial charge < -0.3 is 20.1 Å². The lowest BCUT2D eigenvalue weighted by Crippen LogP contribution is -2.23. The molecule has 104 valence electrons. The van der Waals surface area contributed by atoms with Crippen molar-refractivity contribution in [2.75, 3.05) is 25.0 Å². The number of ether oxygens (including phenoxy) is 1. The second kappa shape index (κ2) is 11.6. The van der Waals surface area contributed by atoms with Gasteiger partial charge in [0.25, 0.3) is 0 Å². The molecule has 0 aliphatic heterocycles. The summed E-state index contributed by atoms with van der Waals surface area (Å²) in [5.74, 6) is 0.594. The number of aromatic hydroxyl groups is 1. The van der Waals surface area contributed by atoms with Crippen LogP contribution in [0.5, 0.6) is 5.75 Å². The first-order chi connectivity index (χ1) is 8.60. The lowest BCUT2D eigenvalue weighted by Gasteiger charge is -2.10. The van der Waals surface area contributed by atoms with Gasteiger partial charge in [-0.2, -0.15) is 0 Å². The van der Waals surface area contributed by atoms with E-state index in [2.05, 4.69) is 0 Å². The molecule has 4 nitrogen and oxygen atoms in total. The van der Waals surface area contributed by atoms with Crippen LogP contribution in [0.25, 0.3) is 0 Å². The Kier molecular flexibility index (Phi) is 11.2. The molecule has 18 heavy (non-hydrogen) atoms. The fraction of sp³-hybridized carbons (Fsp3) is 0.500. The van der Waals surface area contributed by atoms with Crippen LogP contribution in [-0.2, 0) is 4.74 Å². The number of benzene rings is 1. The van der Waals surface area contributed by atoms with Crippen LogP contribution in [-0.4, -0.2) is 52.5 Å². The standard InChI is InChI=1S/C6H12Cl2O3.C6H6O/c7-1-5(9)3-11-4-6(10)2-8;7-6-4-2-1-3-5-6/h5-6,9-10H,1-4H2;1-5,7H. The van der Waals surface area contributed by atoms with Crippen molar-refractivity contribution in [3.63, 3.8) is 0 Å².